The van der Waals surface area contributed by atoms with Crippen LogP contribution in [0.4, 0.5) is 0 Å². The summed E-state index contributed by atoms with van der Waals surface area (Å²) in [5, 5.41) is 7.79. The van der Waals surface area contributed by atoms with Gasteiger partial charge in [-0.3, -0.25) is 0 Å². The average Bonchev–Trinajstić information content (AvgIpc) is 1.61. The van der Waals surface area contributed by atoms with E-state index < -0.39 is 0 Å². The van der Waals surface area contributed by atoms with Gasteiger partial charge in [0, 0.05) is 12.8 Å². The first-order chi connectivity index (χ1) is 2.91. The molecular formula is C4H6NNaO. The fourth-order valence-electron chi connectivity index (χ4n) is 0.123. The van der Waals surface area contributed by atoms with Crippen molar-refractivity contribution in [2.75, 3.05) is 0 Å². The van der Waals surface area contributed by atoms with E-state index in [0.717, 1.165) is 6.29 Å². The van der Waals surface area contributed by atoms with E-state index in [9.17, 15) is 4.79 Å². The zero-order valence-electron chi connectivity index (χ0n) is 5.35. The number of carbonyl (C=O) groups excluding carboxylic acids is 1. The summed E-state index contributed by atoms with van der Waals surface area (Å²) in [5.74, 6) is 0. The van der Waals surface area contributed by atoms with E-state index in [4.69, 9.17) is 5.26 Å². The minimum absolute atomic E-state index is 0. The molecule has 0 bridgehead atoms. The molecular weight excluding hydrogens is 101 g/mol. The fraction of sp³-hybridized carbons (Fsp3) is 0.500. The molecule has 0 N–H and O–H groups in total. The maximum absolute atomic E-state index is 9.41. The molecule has 0 heterocycles. The molecule has 0 saturated heterocycles. The van der Waals surface area contributed by atoms with Crippen molar-refractivity contribution in [3.8, 4) is 6.07 Å². The molecule has 0 saturated carbocycles. The molecule has 0 fully saturated rings. The molecule has 0 aromatic rings. The number of rotatable bonds is 2. The smallest absolute Gasteiger partial charge is 1.00 e. The first-order valence-electron chi connectivity index (χ1n) is 1.72. The Morgan fingerprint density at radius 2 is 2.43 bits per heavy atom. The van der Waals surface area contributed by atoms with E-state index in [-0.39, 0.29) is 31.0 Å². The van der Waals surface area contributed by atoms with Crippen LogP contribution in [0.1, 0.15) is 14.3 Å². The van der Waals surface area contributed by atoms with Crippen molar-refractivity contribution in [3.05, 3.63) is 0 Å². The van der Waals surface area contributed by atoms with Gasteiger partial charge < -0.3 is 6.22 Å². The van der Waals surface area contributed by atoms with Gasteiger partial charge in [0.05, 0.1) is 6.07 Å². The van der Waals surface area contributed by atoms with Crippen LogP contribution in [0.2, 0.25) is 0 Å². The van der Waals surface area contributed by atoms with Crippen LogP contribution in [-0.4, -0.2) is 6.29 Å². The van der Waals surface area contributed by atoms with Crippen molar-refractivity contribution in [2.45, 2.75) is 12.8 Å². The summed E-state index contributed by atoms with van der Waals surface area (Å²) in [4.78, 5) is 9.41. The van der Waals surface area contributed by atoms with Crippen molar-refractivity contribution in [2.24, 2.45) is 0 Å². The van der Waals surface area contributed by atoms with Crippen LogP contribution >= 0.6 is 0 Å². The Kier molecular flexibility index (Phi) is 13.8. The third-order valence-electron chi connectivity index (χ3n) is 0.374. The number of nitrogens with zero attached hydrogens (tertiary/aromatic N) is 1. The zero-order valence-corrected chi connectivity index (χ0v) is 6.35. The van der Waals surface area contributed by atoms with Crippen LogP contribution in [-0.2, 0) is 4.79 Å². The number of unbranched alkanes of at least 4 members (excludes halogenated alkanes) is 1. The second-order valence-corrected chi connectivity index (χ2v) is 0.863. The Balaban J connectivity index is -0.000000125. The Hall–Kier alpha value is 0.160. The Morgan fingerprint density at radius 1 is 1.86 bits per heavy atom. The summed E-state index contributed by atoms with van der Waals surface area (Å²) in [6.45, 7) is 0. The van der Waals surface area contributed by atoms with Gasteiger partial charge in [-0.25, -0.2) is 0 Å². The van der Waals surface area contributed by atoms with Crippen LogP contribution in [0.3, 0.4) is 0 Å². The van der Waals surface area contributed by atoms with Crippen molar-refractivity contribution in [3.63, 3.8) is 0 Å². The Morgan fingerprint density at radius 3 is 2.57 bits per heavy atom. The third-order valence-corrected chi connectivity index (χ3v) is 0.374. The first-order valence-corrected chi connectivity index (χ1v) is 1.72. The van der Waals surface area contributed by atoms with E-state index >= 15 is 0 Å². The minimum Gasteiger partial charge on any atom is -1.00 e. The topological polar surface area (TPSA) is 40.9 Å². The van der Waals surface area contributed by atoms with E-state index in [1.807, 2.05) is 6.07 Å². The predicted octanol–water partition coefficient (Wildman–Crippen LogP) is -2.39. The van der Waals surface area contributed by atoms with Crippen molar-refractivity contribution in [1.82, 2.24) is 0 Å². The standard InChI is InChI=1S/C4H5NO.Na.H/c5-3-1-2-4-6;;/h4H,1-2H2;;/q;+1;-1. The SMILES string of the molecule is N#CCCC=O.[H-].[Na+]. The van der Waals surface area contributed by atoms with Gasteiger partial charge in [0.25, 0.3) is 0 Å². The Bertz CT molecular complexity index is 80.6. The van der Waals surface area contributed by atoms with Crippen LogP contribution in [0, 0.1) is 11.3 Å². The molecule has 7 heavy (non-hydrogen) atoms. The predicted molar refractivity (Wildman–Crippen MR) is 22.0 cm³/mol. The number of nitriles is 1. The van der Waals surface area contributed by atoms with E-state index in [0.29, 0.717) is 12.8 Å². The van der Waals surface area contributed by atoms with Gasteiger partial charge in [0.2, 0.25) is 0 Å². The largest absolute Gasteiger partial charge is 1.00 e. The molecule has 0 radical (unpaired) electrons. The van der Waals surface area contributed by atoms with Gasteiger partial charge >= 0.3 is 29.6 Å². The van der Waals surface area contributed by atoms with Gasteiger partial charge in [-0.05, 0) is 0 Å². The summed E-state index contributed by atoms with van der Waals surface area (Å²) in [5.41, 5.74) is 0. The fourth-order valence-corrected chi connectivity index (χ4v) is 0.123. The number of carbonyl (C=O) groups is 1. The maximum Gasteiger partial charge on any atom is 1.00 e. The second-order valence-electron chi connectivity index (χ2n) is 0.863. The van der Waals surface area contributed by atoms with Crippen LogP contribution in [0.15, 0.2) is 0 Å². The molecule has 0 aliphatic rings. The monoisotopic (exact) mass is 107 g/mol. The van der Waals surface area contributed by atoms with Crippen LogP contribution in [0.5, 0.6) is 0 Å². The van der Waals surface area contributed by atoms with Gasteiger partial charge in [0.1, 0.15) is 6.29 Å². The third kappa shape index (κ3) is 10.7. The van der Waals surface area contributed by atoms with Crippen molar-refractivity contribution >= 4 is 6.29 Å². The molecule has 0 aliphatic heterocycles. The molecule has 3 heteroatoms. The minimum atomic E-state index is 0. The van der Waals surface area contributed by atoms with Crippen LogP contribution in [0.25, 0.3) is 0 Å². The molecule has 0 atom stereocenters. The molecule has 2 nitrogen and oxygen atoms in total. The van der Waals surface area contributed by atoms with Gasteiger partial charge in [-0.15, -0.1) is 0 Å². The normalized spacial score (nSPS) is 5.57. The summed E-state index contributed by atoms with van der Waals surface area (Å²) < 4.78 is 0. The van der Waals surface area contributed by atoms with E-state index in [1.165, 1.54) is 0 Å². The number of hydrogen-bond acceptors (Lipinski definition) is 2. The van der Waals surface area contributed by atoms with Crippen molar-refractivity contribution < 1.29 is 35.8 Å². The zero-order chi connectivity index (χ0) is 4.83. The summed E-state index contributed by atoms with van der Waals surface area (Å²) in [6, 6.07) is 1.84. The summed E-state index contributed by atoms with van der Waals surface area (Å²) in [6.07, 6.45) is 1.46. The van der Waals surface area contributed by atoms with Gasteiger partial charge in [-0.2, -0.15) is 5.26 Å². The second kappa shape index (κ2) is 9.48. The number of hydrogen-bond donors (Lipinski definition) is 0. The van der Waals surface area contributed by atoms with E-state index in [2.05, 4.69) is 0 Å². The Labute approximate surface area is 66.3 Å². The van der Waals surface area contributed by atoms with Gasteiger partial charge in [-0.1, -0.05) is 0 Å². The molecule has 0 amide bonds. The average molecular weight is 107 g/mol. The summed E-state index contributed by atoms with van der Waals surface area (Å²) >= 11 is 0. The molecule has 0 unspecified atom stereocenters. The first kappa shape index (κ1) is 10.2. The van der Waals surface area contributed by atoms with Gasteiger partial charge in [0.15, 0.2) is 0 Å². The number of aldehydes is 1. The molecule has 0 aliphatic carbocycles. The maximum atomic E-state index is 9.41. The molecule has 0 rings (SSSR count). The van der Waals surface area contributed by atoms with E-state index in [1.54, 1.807) is 0 Å². The quantitative estimate of drug-likeness (QED) is 0.224. The summed E-state index contributed by atoms with van der Waals surface area (Å²) in [7, 11) is 0. The molecule has 0 spiro atoms. The van der Waals surface area contributed by atoms with Crippen molar-refractivity contribution in [1.29, 1.82) is 5.26 Å². The van der Waals surface area contributed by atoms with Crippen LogP contribution < -0.4 is 29.6 Å². The molecule has 0 aromatic carbocycles. The molecule has 34 valence electrons. The molecule has 0 aromatic heterocycles.